The fourth-order valence-corrected chi connectivity index (χ4v) is 2.39. The zero-order valence-corrected chi connectivity index (χ0v) is 14.3. The SMILES string of the molecule is NCCCC[C@@H](CN=Cc1ccccc1O)N=Cc1ccccc1O. The number of phenols is 2. The quantitative estimate of drug-likeness (QED) is 0.484. The second-order valence-corrected chi connectivity index (χ2v) is 5.83. The highest BCUT2D eigenvalue weighted by molar-refractivity contribution is 5.84. The van der Waals surface area contributed by atoms with E-state index in [-0.39, 0.29) is 17.5 Å². The second kappa shape index (κ2) is 10.3. The molecule has 0 aliphatic rings. The van der Waals surface area contributed by atoms with Crippen LogP contribution in [0.1, 0.15) is 30.4 Å². The molecule has 0 unspecified atom stereocenters. The lowest BCUT2D eigenvalue weighted by molar-refractivity contribution is 0.473. The minimum Gasteiger partial charge on any atom is -0.507 e. The molecule has 4 N–H and O–H groups in total. The largest absolute Gasteiger partial charge is 0.507 e. The average molecular weight is 339 g/mol. The first kappa shape index (κ1) is 18.7. The van der Waals surface area contributed by atoms with Gasteiger partial charge in [-0.05, 0) is 43.7 Å². The van der Waals surface area contributed by atoms with Crippen LogP contribution in [-0.4, -0.2) is 41.8 Å². The monoisotopic (exact) mass is 339 g/mol. The summed E-state index contributed by atoms with van der Waals surface area (Å²) in [4.78, 5) is 9.00. The van der Waals surface area contributed by atoms with Crippen LogP contribution in [0.2, 0.25) is 0 Å². The molecule has 0 radical (unpaired) electrons. The maximum Gasteiger partial charge on any atom is 0.124 e. The van der Waals surface area contributed by atoms with Gasteiger partial charge in [-0.3, -0.25) is 9.98 Å². The Balaban J connectivity index is 2.02. The minimum atomic E-state index is 0.00765. The Bertz CT molecular complexity index is 714. The van der Waals surface area contributed by atoms with Gasteiger partial charge in [0.1, 0.15) is 11.5 Å². The van der Waals surface area contributed by atoms with E-state index >= 15 is 0 Å². The maximum atomic E-state index is 9.83. The number of aromatic hydroxyl groups is 2. The van der Waals surface area contributed by atoms with E-state index in [1.807, 2.05) is 24.3 Å². The minimum absolute atomic E-state index is 0.00765. The number of rotatable bonds is 9. The first-order chi connectivity index (χ1) is 12.2. The lowest BCUT2D eigenvalue weighted by Gasteiger charge is -2.10. The number of hydrogen-bond acceptors (Lipinski definition) is 5. The van der Waals surface area contributed by atoms with E-state index in [4.69, 9.17) is 5.73 Å². The van der Waals surface area contributed by atoms with E-state index in [0.29, 0.717) is 24.2 Å². The summed E-state index contributed by atoms with van der Waals surface area (Å²) >= 11 is 0. The van der Waals surface area contributed by atoms with E-state index in [2.05, 4.69) is 9.98 Å². The van der Waals surface area contributed by atoms with Crippen molar-refractivity contribution in [3.05, 3.63) is 59.7 Å². The van der Waals surface area contributed by atoms with Crippen LogP contribution >= 0.6 is 0 Å². The highest BCUT2D eigenvalue weighted by atomic mass is 16.3. The van der Waals surface area contributed by atoms with Crippen molar-refractivity contribution in [2.75, 3.05) is 13.1 Å². The van der Waals surface area contributed by atoms with Gasteiger partial charge in [0.2, 0.25) is 0 Å². The van der Waals surface area contributed by atoms with E-state index in [1.165, 1.54) is 0 Å². The fraction of sp³-hybridized carbons (Fsp3) is 0.300. The summed E-state index contributed by atoms with van der Waals surface area (Å²) in [6, 6.07) is 14.2. The van der Waals surface area contributed by atoms with Crippen LogP contribution in [0.25, 0.3) is 0 Å². The van der Waals surface area contributed by atoms with Crippen LogP contribution in [0, 0.1) is 0 Å². The van der Waals surface area contributed by atoms with Gasteiger partial charge in [0.15, 0.2) is 0 Å². The number of hydrogen-bond donors (Lipinski definition) is 3. The average Bonchev–Trinajstić information content (AvgIpc) is 2.62. The molecule has 132 valence electrons. The lowest BCUT2D eigenvalue weighted by Crippen LogP contribution is -2.11. The molecule has 0 aromatic heterocycles. The van der Waals surface area contributed by atoms with Crippen molar-refractivity contribution < 1.29 is 10.2 Å². The smallest absolute Gasteiger partial charge is 0.124 e. The van der Waals surface area contributed by atoms with Gasteiger partial charge in [-0.15, -0.1) is 0 Å². The normalized spacial score (nSPS) is 12.8. The third-order valence-electron chi connectivity index (χ3n) is 3.84. The van der Waals surface area contributed by atoms with Gasteiger partial charge in [-0.1, -0.05) is 30.7 Å². The van der Waals surface area contributed by atoms with Gasteiger partial charge in [-0.2, -0.15) is 0 Å². The predicted molar refractivity (Wildman–Crippen MR) is 103 cm³/mol. The van der Waals surface area contributed by atoms with E-state index in [1.54, 1.807) is 36.7 Å². The molecule has 0 saturated carbocycles. The molecule has 0 aliphatic carbocycles. The molecule has 0 heterocycles. The van der Waals surface area contributed by atoms with Crippen LogP contribution in [0.3, 0.4) is 0 Å². The van der Waals surface area contributed by atoms with Crippen molar-refractivity contribution in [3.63, 3.8) is 0 Å². The third kappa shape index (κ3) is 6.39. The van der Waals surface area contributed by atoms with Crippen molar-refractivity contribution in [2.24, 2.45) is 15.7 Å². The zero-order valence-electron chi connectivity index (χ0n) is 14.3. The fourth-order valence-electron chi connectivity index (χ4n) is 2.39. The molecule has 2 aromatic carbocycles. The molecule has 2 aromatic rings. The molecule has 25 heavy (non-hydrogen) atoms. The summed E-state index contributed by atoms with van der Waals surface area (Å²) in [7, 11) is 0. The molecule has 0 bridgehead atoms. The molecule has 5 nitrogen and oxygen atoms in total. The number of nitrogens with two attached hydrogens (primary N) is 1. The molecular weight excluding hydrogens is 314 g/mol. The predicted octanol–water partition coefficient (Wildman–Crippen LogP) is 3.13. The Labute approximate surface area is 148 Å². The van der Waals surface area contributed by atoms with Crippen LogP contribution < -0.4 is 5.73 Å². The van der Waals surface area contributed by atoms with Crippen molar-refractivity contribution in [2.45, 2.75) is 25.3 Å². The van der Waals surface area contributed by atoms with Gasteiger partial charge in [0.25, 0.3) is 0 Å². The highest BCUT2D eigenvalue weighted by Crippen LogP contribution is 2.15. The van der Waals surface area contributed by atoms with Gasteiger partial charge < -0.3 is 15.9 Å². The molecule has 5 heteroatoms. The summed E-state index contributed by atoms with van der Waals surface area (Å²) < 4.78 is 0. The van der Waals surface area contributed by atoms with E-state index in [0.717, 1.165) is 19.3 Å². The van der Waals surface area contributed by atoms with E-state index < -0.39 is 0 Å². The van der Waals surface area contributed by atoms with Crippen LogP contribution in [0.15, 0.2) is 58.5 Å². The molecular formula is C20H25N3O2. The Kier molecular flexibility index (Phi) is 7.66. The van der Waals surface area contributed by atoms with E-state index in [9.17, 15) is 10.2 Å². The molecule has 0 saturated heterocycles. The molecule has 0 fully saturated rings. The Morgan fingerprint density at radius 1 is 0.880 bits per heavy atom. The summed E-state index contributed by atoms with van der Waals surface area (Å²) in [6.07, 6.45) is 6.16. The Hall–Kier alpha value is -2.66. The second-order valence-electron chi connectivity index (χ2n) is 5.83. The summed E-state index contributed by atoms with van der Waals surface area (Å²) in [6.45, 7) is 1.18. The molecule has 0 aliphatic heterocycles. The third-order valence-corrected chi connectivity index (χ3v) is 3.84. The van der Waals surface area contributed by atoms with Crippen molar-refractivity contribution >= 4 is 12.4 Å². The van der Waals surface area contributed by atoms with Gasteiger partial charge in [-0.25, -0.2) is 0 Å². The topological polar surface area (TPSA) is 91.2 Å². The first-order valence-corrected chi connectivity index (χ1v) is 8.49. The summed E-state index contributed by atoms with van der Waals surface area (Å²) in [5.74, 6) is 0.424. The number of unbranched alkanes of at least 4 members (excludes halogenated alkanes) is 1. The Morgan fingerprint density at radius 3 is 2.08 bits per heavy atom. The number of benzene rings is 2. The maximum absolute atomic E-state index is 9.83. The summed E-state index contributed by atoms with van der Waals surface area (Å²) in [5, 5.41) is 19.6. The standard InChI is InChI=1S/C20H25N3O2/c21-12-6-5-9-18(23-14-17-8-2-4-11-20(17)25)15-22-13-16-7-1-3-10-19(16)24/h1-4,7-8,10-11,13-14,18,24-25H,5-6,9,12,15,21H2/t18-/m0/s1. The molecule has 0 spiro atoms. The number of nitrogens with zero attached hydrogens (tertiary/aromatic N) is 2. The van der Waals surface area contributed by atoms with Crippen LogP contribution in [0.4, 0.5) is 0 Å². The number of aliphatic imine (C=N–C) groups is 2. The van der Waals surface area contributed by atoms with Gasteiger partial charge >= 0.3 is 0 Å². The lowest BCUT2D eigenvalue weighted by atomic mass is 10.1. The van der Waals surface area contributed by atoms with Crippen LogP contribution in [-0.2, 0) is 0 Å². The highest BCUT2D eigenvalue weighted by Gasteiger charge is 2.06. The van der Waals surface area contributed by atoms with Crippen molar-refractivity contribution in [1.82, 2.24) is 0 Å². The number of phenolic OH excluding ortho intramolecular Hbond substituents is 2. The van der Waals surface area contributed by atoms with Gasteiger partial charge in [0.05, 0.1) is 12.6 Å². The zero-order chi connectivity index (χ0) is 17.9. The molecule has 1 atom stereocenters. The molecule has 2 rings (SSSR count). The number of para-hydroxylation sites is 2. The summed E-state index contributed by atoms with van der Waals surface area (Å²) in [5.41, 5.74) is 6.94. The molecule has 0 amide bonds. The van der Waals surface area contributed by atoms with Crippen molar-refractivity contribution in [3.8, 4) is 11.5 Å². The Morgan fingerprint density at radius 2 is 1.48 bits per heavy atom. The van der Waals surface area contributed by atoms with Crippen LogP contribution in [0.5, 0.6) is 11.5 Å². The first-order valence-electron chi connectivity index (χ1n) is 8.49. The van der Waals surface area contributed by atoms with Crippen molar-refractivity contribution in [1.29, 1.82) is 0 Å². The van der Waals surface area contributed by atoms with Gasteiger partial charge in [0, 0.05) is 23.6 Å².